The molecule has 7 nitrogen and oxygen atoms in total. The van der Waals surface area contributed by atoms with Crippen LogP contribution in [-0.4, -0.2) is 47.2 Å². The van der Waals surface area contributed by atoms with Gasteiger partial charge in [0, 0.05) is 13.1 Å². The topological polar surface area (TPSA) is 95.9 Å². The van der Waals surface area contributed by atoms with Crippen LogP contribution in [0.4, 0.5) is 10.5 Å². The molecule has 1 heterocycles. The zero-order chi connectivity index (χ0) is 18.6. The second-order valence-electron chi connectivity index (χ2n) is 6.20. The second-order valence-corrected chi connectivity index (χ2v) is 6.61. The summed E-state index contributed by atoms with van der Waals surface area (Å²) in [5, 5.41) is 12.0. The fourth-order valence-corrected chi connectivity index (χ4v) is 2.75. The first-order valence-electron chi connectivity index (χ1n) is 8.07. The van der Waals surface area contributed by atoms with E-state index in [1.165, 1.54) is 23.1 Å². The van der Waals surface area contributed by atoms with Crippen LogP contribution in [0, 0.1) is 5.92 Å². The minimum Gasteiger partial charge on any atom is -0.481 e. The molecule has 0 spiro atoms. The Labute approximate surface area is 150 Å². The Balaban J connectivity index is 2.09. The number of halogens is 1. The van der Waals surface area contributed by atoms with Crippen LogP contribution in [-0.2, 0) is 9.53 Å². The van der Waals surface area contributed by atoms with Gasteiger partial charge >= 0.3 is 18.0 Å². The van der Waals surface area contributed by atoms with E-state index in [1.54, 1.807) is 13.8 Å². The molecule has 1 fully saturated rings. The molecule has 0 radical (unpaired) electrons. The van der Waals surface area contributed by atoms with E-state index in [-0.39, 0.29) is 28.9 Å². The van der Waals surface area contributed by atoms with Gasteiger partial charge in [-0.2, -0.15) is 0 Å². The number of carbonyl (C=O) groups excluding carboxylic acids is 2. The summed E-state index contributed by atoms with van der Waals surface area (Å²) in [7, 11) is 0. The van der Waals surface area contributed by atoms with E-state index in [2.05, 4.69) is 5.32 Å². The van der Waals surface area contributed by atoms with Crippen LogP contribution in [0.1, 0.15) is 37.0 Å². The van der Waals surface area contributed by atoms with Crippen molar-refractivity contribution in [3.63, 3.8) is 0 Å². The number of rotatable bonds is 4. The summed E-state index contributed by atoms with van der Waals surface area (Å²) in [6.07, 6.45) is 0.914. The molecular weight excluding hydrogens is 348 g/mol. The van der Waals surface area contributed by atoms with Crippen molar-refractivity contribution in [3.05, 3.63) is 28.8 Å². The van der Waals surface area contributed by atoms with Gasteiger partial charge in [-0.1, -0.05) is 11.6 Å². The van der Waals surface area contributed by atoms with E-state index in [0.717, 1.165) is 0 Å². The normalized spacial score (nSPS) is 17.3. The highest BCUT2D eigenvalue weighted by molar-refractivity contribution is 6.33. The maximum absolute atomic E-state index is 12.4. The molecule has 2 rings (SSSR count). The molecule has 1 saturated heterocycles. The lowest BCUT2D eigenvalue weighted by Crippen LogP contribution is -2.44. The lowest BCUT2D eigenvalue weighted by atomic mass is 9.99. The van der Waals surface area contributed by atoms with Crippen molar-refractivity contribution in [2.24, 2.45) is 5.92 Å². The van der Waals surface area contributed by atoms with Gasteiger partial charge in [-0.05, 0) is 44.9 Å². The van der Waals surface area contributed by atoms with Gasteiger partial charge in [0.15, 0.2) is 0 Å². The first-order chi connectivity index (χ1) is 11.8. The minimum atomic E-state index is -0.908. The quantitative estimate of drug-likeness (QED) is 0.795. The number of hydrogen-bond donors (Lipinski definition) is 2. The predicted molar refractivity (Wildman–Crippen MR) is 93.0 cm³/mol. The number of esters is 1. The molecule has 1 aliphatic rings. The number of aliphatic carboxylic acids is 1. The molecule has 8 heteroatoms. The highest BCUT2D eigenvalue weighted by Crippen LogP contribution is 2.25. The molecule has 0 bridgehead atoms. The second kappa shape index (κ2) is 8.20. The van der Waals surface area contributed by atoms with Crippen molar-refractivity contribution in [2.75, 3.05) is 18.4 Å². The first-order valence-corrected chi connectivity index (χ1v) is 8.45. The third-order valence-electron chi connectivity index (χ3n) is 3.84. The van der Waals surface area contributed by atoms with Crippen LogP contribution in [0.3, 0.4) is 0 Å². The lowest BCUT2D eigenvalue weighted by Gasteiger charge is -2.30. The number of carbonyl (C=O) groups is 3. The minimum absolute atomic E-state index is 0.147. The summed E-state index contributed by atoms with van der Waals surface area (Å²) in [4.78, 5) is 36.9. The number of hydrogen-bond acceptors (Lipinski definition) is 4. The third kappa shape index (κ3) is 5.09. The number of anilines is 1. The Morgan fingerprint density at radius 2 is 2.08 bits per heavy atom. The number of benzene rings is 1. The fourth-order valence-electron chi connectivity index (χ4n) is 2.59. The molecular formula is C17H21ClN2O5. The van der Waals surface area contributed by atoms with Crippen molar-refractivity contribution >= 4 is 35.3 Å². The van der Waals surface area contributed by atoms with Crippen LogP contribution in [0.15, 0.2) is 18.2 Å². The van der Waals surface area contributed by atoms with Gasteiger partial charge in [-0.3, -0.25) is 4.79 Å². The van der Waals surface area contributed by atoms with Gasteiger partial charge in [0.25, 0.3) is 0 Å². The van der Waals surface area contributed by atoms with Crippen molar-refractivity contribution in [2.45, 2.75) is 32.8 Å². The fraction of sp³-hybridized carbons (Fsp3) is 0.471. The lowest BCUT2D eigenvalue weighted by molar-refractivity contribution is -0.143. The predicted octanol–water partition coefficient (Wildman–Crippen LogP) is 3.23. The molecule has 1 aromatic rings. The SMILES string of the molecule is CC(C)OC(=O)c1ccc(Cl)c(NC(=O)N2CCCC(C(=O)O)C2)c1. The van der Waals surface area contributed by atoms with Crippen molar-refractivity contribution in [3.8, 4) is 0 Å². The monoisotopic (exact) mass is 368 g/mol. The molecule has 1 unspecified atom stereocenters. The van der Waals surface area contributed by atoms with Gasteiger partial charge in [0.2, 0.25) is 0 Å². The molecule has 2 amide bonds. The number of carboxylic acid groups (broad SMARTS) is 1. The molecule has 1 atom stereocenters. The van der Waals surface area contributed by atoms with Crippen molar-refractivity contribution in [1.29, 1.82) is 0 Å². The van der Waals surface area contributed by atoms with Crippen LogP contribution >= 0.6 is 11.6 Å². The third-order valence-corrected chi connectivity index (χ3v) is 4.17. The van der Waals surface area contributed by atoms with E-state index in [4.69, 9.17) is 21.4 Å². The highest BCUT2D eigenvalue weighted by Gasteiger charge is 2.28. The Bertz CT molecular complexity index is 677. The van der Waals surface area contributed by atoms with Gasteiger partial charge in [0.05, 0.1) is 28.3 Å². The largest absolute Gasteiger partial charge is 0.481 e. The number of urea groups is 1. The molecule has 0 aliphatic carbocycles. The van der Waals surface area contributed by atoms with E-state index in [0.29, 0.717) is 19.4 Å². The number of likely N-dealkylation sites (tertiary alicyclic amines) is 1. The molecule has 25 heavy (non-hydrogen) atoms. The standard InChI is InChI=1S/C17H21ClN2O5/c1-10(2)25-16(23)11-5-6-13(18)14(8-11)19-17(24)20-7-3-4-12(9-20)15(21)22/h5-6,8,10,12H,3-4,7,9H2,1-2H3,(H,19,24)(H,21,22). The van der Waals surface area contributed by atoms with Crippen molar-refractivity contribution < 1.29 is 24.2 Å². The Hall–Kier alpha value is -2.28. The Morgan fingerprint density at radius 3 is 2.72 bits per heavy atom. The molecule has 0 saturated carbocycles. The van der Waals surface area contributed by atoms with Gasteiger partial charge in [-0.15, -0.1) is 0 Å². The molecule has 136 valence electrons. The summed E-state index contributed by atoms with van der Waals surface area (Å²) in [6, 6.07) is 4.03. The van der Waals surface area contributed by atoms with Gasteiger partial charge in [-0.25, -0.2) is 9.59 Å². The van der Waals surface area contributed by atoms with Crippen LogP contribution in [0.5, 0.6) is 0 Å². The number of nitrogens with zero attached hydrogens (tertiary/aromatic N) is 1. The summed E-state index contributed by atoms with van der Waals surface area (Å²) >= 11 is 6.09. The number of piperidine rings is 1. The van der Waals surface area contributed by atoms with E-state index in [1.807, 2.05) is 0 Å². The zero-order valence-electron chi connectivity index (χ0n) is 14.1. The van der Waals surface area contributed by atoms with E-state index in [9.17, 15) is 14.4 Å². The molecule has 1 aromatic carbocycles. The first kappa shape index (κ1) is 19.1. The average Bonchev–Trinajstić information content (AvgIpc) is 2.56. The zero-order valence-corrected chi connectivity index (χ0v) is 14.9. The summed E-state index contributed by atoms with van der Waals surface area (Å²) in [6.45, 7) is 4.10. The van der Waals surface area contributed by atoms with Crippen molar-refractivity contribution in [1.82, 2.24) is 4.90 Å². The summed E-state index contributed by atoms with van der Waals surface area (Å²) < 4.78 is 5.12. The average molecular weight is 369 g/mol. The number of amides is 2. The van der Waals surface area contributed by atoms with Crippen LogP contribution in [0.25, 0.3) is 0 Å². The number of carboxylic acids is 1. The number of nitrogens with one attached hydrogen (secondary N) is 1. The Kier molecular flexibility index (Phi) is 6.25. The van der Waals surface area contributed by atoms with Gasteiger partial charge < -0.3 is 20.1 Å². The highest BCUT2D eigenvalue weighted by atomic mass is 35.5. The van der Waals surface area contributed by atoms with Gasteiger partial charge in [0.1, 0.15) is 0 Å². The smallest absolute Gasteiger partial charge is 0.338 e. The molecule has 2 N–H and O–H groups in total. The summed E-state index contributed by atoms with van der Waals surface area (Å²) in [5.41, 5.74) is 0.553. The number of ether oxygens (including phenoxy) is 1. The molecule has 0 aromatic heterocycles. The van der Waals surface area contributed by atoms with Crippen LogP contribution < -0.4 is 5.32 Å². The summed E-state index contributed by atoms with van der Waals surface area (Å²) in [5.74, 6) is -1.98. The maximum atomic E-state index is 12.4. The van der Waals surface area contributed by atoms with E-state index >= 15 is 0 Å². The van der Waals surface area contributed by atoms with E-state index < -0.39 is 23.9 Å². The molecule has 1 aliphatic heterocycles. The Morgan fingerprint density at radius 1 is 1.36 bits per heavy atom. The van der Waals surface area contributed by atoms with Crippen LogP contribution in [0.2, 0.25) is 5.02 Å². The maximum Gasteiger partial charge on any atom is 0.338 e.